The Bertz CT molecular complexity index is 699. The molecular weight excluding hydrogens is 245 g/mol. The predicted octanol–water partition coefficient (Wildman–Crippen LogP) is 3.94. The maximum Gasteiger partial charge on any atom is 0.170 e. The van der Waals surface area contributed by atoms with Crippen LogP contribution in [0, 0.1) is 5.82 Å². The highest BCUT2D eigenvalue weighted by Gasteiger charge is 2.10. The molecule has 2 aromatic heterocycles. The summed E-state index contributed by atoms with van der Waals surface area (Å²) >= 11 is 0. The minimum absolute atomic E-state index is 0.271. The van der Waals surface area contributed by atoms with Gasteiger partial charge in [0.25, 0.3) is 0 Å². The van der Waals surface area contributed by atoms with E-state index in [1.54, 1.807) is 12.1 Å². The molecule has 3 aromatic rings. The lowest BCUT2D eigenvalue weighted by Gasteiger charge is -1.96. The average Bonchev–Trinajstić information content (AvgIpc) is 3.01. The van der Waals surface area contributed by atoms with Crippen LogP contribution in [0.3, 0.4) is 0 Å². The van der Waals surface area contributed by atoms with Crippen LogP contribution < -0.4 is 5.32 Å². The number of furan rings is 2. The molecule has 19 heavy (non-hydrogen) atoms. The van der Waals surface area contributed by atoms with Crippen LogP contribution in [0.25, 0.3) is 22.5 Å². The molecule has 0 radical (unpaired) electrons. The lowest BCUT2D eigenvalue weighted by Crippen LogP contribution is -2.10. The van der Waals surface area contributed by atoms with Crippen LogP contribution in [0.2, 0.25) is 0 Å². The molecule has 0 aliphatic carbocycles. The number of fused-ring (bicyclic) bond motifs is 1. The maximum atomic E-state index is 13.1. The fourth-order valence-corrected chi connectivity index (χ4v) is 1.99. The first-order valence-corrected chi connectivity index (χ1v) is 6.25. The van der Waals surface area contributed by atoms with Crippen molar-refractivity contribution in [3.8, 4) is 11.5 Å². The zero-order valence-corrected chi connectivity index (χ0v) is 10.6. The number of benzene rings is 1. The van der Waals surface area contributed by atoms with Crippen molar-refractivity contribution in [1.82, 2.24) is 5.32 Å². The summed E-state index contributed by atoms with van der Waals surface area (Å²) in [5.74, 6) is 1.85. The molecule has 0 spiro atoms. The lowest BCUT2D eigenvalue weighted by molar-refractivity contribution is 0.482. The van der Waals surface area contributed by atoms with Gasteiger partial charge in [-0.15, -0.1) is 0 Å². The fourth-order valence-electron chi connectivity index (χ4n) is 1.99. The molecule has 0 aliphatic heterocycles. The summed E-state index contributed by atoms with van der Waals surface area (Å²) in [5.41, 5.74) is 0.654. The van der Waals surface area contributed by atoms with Gasteiger partial charge in [-0.3, -0.25) is 0 Å². The van der Waals surface area contributed by atoms with Gasteiger partial charge >= 0.3 is 0 Å². The second-order valence-corrected chi connectivity index (χ2v) is 4.34. The molecule has 0 atom stereocenters. The van der Waals surface area contributed by atoms with Crippen molar-refractivity contribution in [3.05, 3.63) is 48.0 Å². The van der Waals surface area contributed by atoms with Gasteiger partial charge in [0.2, 0.25) is 0 Å². The Labute approximate surface area is 110 Å². The minimum Gasteiger partial charge on any atom is -0.456 e. The van der Waals surface area contributed by atoms with Crippen LogP contribution in [0.5, 0.6) is 0 Å². The maximum absolute atomic E-state index is 13.1. The van der Waals surface area contributed by atoms with Crippen LogP contribution in [0.15, 0.2) is 45.2 Å². The van der Waals surface area contributed by atoms with E-state index in [2.05, 4.69) is 5.32 Å². The minimum atomic E-state index is -0.271. The summed E-state index contributed by atoms with van der Waals surface area (Å²) in [6.45, 7) is 3.61. The Hall–Kier alpha value is -2.07. The smallest absolute Gasteiger partial charge is 0.170 e. The topological polar surface area (TPSA) is 38.3 Å². The summed E-state index contributed by atoms with van der Waals surface area (Å²) in [5, 5.41) is 3.93. The number of hydrogen-bond acceptors (Lipinski definition) is 3. The zero-order chi connectivity index (χ0) is 13.2. The van der Waals surface area contributed by atoms with Crippen molar-refractivity contribution in [2.45, 2.75) is 13.5 Å². The Morgan fingerprint density at radius 3 is 2.79 bits per heavy atom. The summed E-state index contributed by atoms with van der Waals surface area (Å²) < 4.78 is 24.4. The van der Waals surface area contributed by atoms with Gasteiger partial charge in [0, 0.05) is 5.39 Å². The molecule has 2 heterocycles. The fraction of sp³-hybridized carbons (Fsp3) is 0.200. The van der Waals surface area contributed by atoms with Gasteiger partial charge < -0.3 is 14.2 Å². The lowest BCUT2D eigenvalue weighted by atomic mass is 10.2. The van der Waals surface area contributed by atoms with Crippen molar-refractivity contribution in [3.63, 3.8) is 0 Å². The molecule has 1 N–H and O–H groups in total. The third-order valence-electron chi connectivity index (χ3n) is 2.93. The molecular formula is C15H14FNO2. The van der Waals surface area contributed by atoms with E-state index in [0.29, 0.717) is 23.6 Å². The molecule has 4 heteroatoms. The number of halogens is 1. The molecule has 0 saturated heterocycles. The average molecular weight is 259 g/mol. The van der Waals surface area contributed by atoms with Gasteiger partial charge in [0.15, 0.2) is 11.5 Å². The zero-order valence-electron chi connectivity index (χ0n) is 10.6. The highest BCUT2D eigenvalue weighted by atomic mass is 19.1. The molecule has 0 saturated carbocycles. The van der Waals surface area contributed by atoms with Gasteiger partial charge in [-0.2, -0.15) is 0 Å². The van der Waals surface area contributed by atoms with Crippen LogP contribution in [-0.4, -0.2) is 6.54 Å². The summed E-state index contributed by atoms with van der Waals surface area (Å²) in [6.07, 6.45) is 0. The van der Waals surface area contributed by atoms with E-state index in [-0.39, 0.29) is 5.82 Å². The SMILES string of the molecule is CCNCc1ccc(-c2cc3cc(F)ccc3o2)o1. The quantitative estimate of drug-likeness (QED) is 0.771. The molecule has 3 rings (SSSR count). The van der Waals surface area contributed by atoms with E-state index >= 15 is 0 Å². The third kappa shape index (κ3) is 2.39. The largest absolute Gasteiger partial charge is 0.456 e. The van der Waals surface area contributed by atoms with E-state index in [4.69, 9.17) is 8.83 Å². The number of hydrogen-bond donors (Lipinski definition) is 1. The molecule has 98 valence electrons. The molecule has 1 aromatic carbocycles. The first-order valence-electron chi connectivity index (χ1n) is 6.25. The van der Waals surface area contributed by atoms with Crippen LogP contribution >= 0.6 is 0 Å². The van der Waals surface area contributed by atoms with Gasteiger partial charge in [-0.25, -0.2) is 4.39 Å². The third-order valence-corrected chi connectivity index (χ3v) is 2.93. The Morgan fingerprint density at radius 1 is 1.05 bits per heavy atom. The Kier molecular flexibility index (Phi) is 3.09. The monoisotopic (exact) mass is 259 g/mol. The molecule has 3 nitrogen and oxygen atoms in total. The molecule has 0 amide bonds. The van der Waals surface area contributed by atoms with Crippen molar-refractivity contribution in [1.29, 1.82) is 0 Å². The Balaban J connectivity index is 1.92. The molecule has 0 fully saturated rings. The summed E-state index contributed by atoms with van der Waals surface area (Å²) in [4.78, 5) is 0. The van der Waals surface area contributed by atoms with Crippen molar-refractivity contribution in [2.75, 3.05) is 6.54 Å². The van der Waals surface area contributed by atoms with Crippen molar-refractivity contribution < 1.29 is 13.2 Å². The van der Waals surface area contributed by atoms with Crippen LogP contribution in [0.4, 0.5) is 4.39 Å². The van der Waals surface area contributed by atoms with Crippen molar-refractivity contribution in [2.24, 2.45) is 0 Å². The van der Waals surface area contributed by atoms with E-state index in [0.717, 1.165) is 17.7 Å². The standard InChI is InChI=1S/C15H14FNO2/c1-2-17-9-12-4-6-14(18-12)15-8-10-7-11(16)3-5-13(10)19-15/h3-8,17H,2,9H2,1H3. The first kappa shape index (κ1) is 12.0. The van der Waals surface area contributed by atoms with Crippen molar-refractivity contribution >= 4 is 11.0 Å². The number of nitrogens with one attached hydrogen (secondary N) is 1. The number of rotatable bonds is 4. The van der Waals surface area contributed by atoms with E-state index in [1.165, 1.54) is 12.1 Å². The molecule has 0 bridgehead atoms. The normalized spacial score (nSPS) is 11.3. The van der Waals surface area contributed by atoms with E-state index < -0.39 is 0 Å². The van der Waals surface area contributed by atoms with Gasteiger partial charge in [0.1, 0.15) is 17.2 Å². The molecule has 0 unspecified atom stereocenters. The summed E-state index contributed by atoms with van der Waals surface area (Å²) in [6, 6.07) is 10.0. The first-order chi connectivity index (χ1) is 9.26. The predicted molar refractivity (Wildman–Crippen MR) is 71.3 cm³/mol. The van der Waals surface area contributed by atoms with Crippen LogP contribution in [0.1, 0.15) is 12.7 Å². The summed E-state index contributed by atoms with van der Waals surface area (Å²) in [7, 11) is 0. The highest BCUT2D eigenvalue weighted by Crippen LogP contribution is 2.29. The second-order valence-electron chi connectivity index (χ2n) is 4.34. The molecule has 0 aliphatic rings. The van der Waals surface area contributed by atoms with Crippen LogP contribution in [-0.2, 0) is 6.54 Å². The highest BCUT2D eigenvalue weighted by molar-refractivity contribution is 5.81. The van der Waals surface area contributed by atoms with E-state index in [9.17, 15) is 4.39 Å². The van der Waals surface area contributed by atoms with E-state index in [1.807, 2.05) is 19.1 Å². The second kappa shape index (κ2) is 4.90. The van der Waals surface area contributed by atoms with Gasteiger partial charge in [-0.1, -0.05) is 6.92 Å². The van der Waals surface area contributed by atoms with Gasteiger partial charge in [-0.05, 0) is 42.9 Å². The Morgan fingerprint density at radius 2 is 1.95 bits per heavy atom. The van der Waals surface area contributed by atoms with Gasteiger partial charge in [0.05, 0.1) is 6.54 Å².